The van der Waals surface area contributed by atoms with Crippen molar-refractivity contribution in [3.8, 4) is 0 Å². The summed E-state index contributed by atoms with van der Waals surface area (Å²) < 4.78 is 10.9. The average Bonchev–Trinajstić information content (AvgIpc) is 2.83. The first-order valence-electron chi connectivity index (χ1n) is 13.1. The molecule has 0 aromatic carbocycles. The van der Waals surface area contributed by atoms with Gasteiger partial charge in [0, 0.05) is 37.7 Å². The molecular weight excluding hydrogens is 420 g/mol. The third-order valence-corrected chi connectivity index (χ3v) is 7.32. The fraction of sp³-hybridized carbons (Fsp3) is 0.808. The molecule has 7 heteroatoms. The van der Waals surface area contributed by atoms with E-state index in [1.54, 1.807) is 4.90 Å². The molecule has 7 nitrogen and oxygen atoms in total. The molecule has 2 heterocycles. The number of carbonyl (C=O) groups excluding carboxylic acids is 3. The molecule has 3 aliphatic rings. The lowest BCUT2D eigenvalue weighted by Gasteiger charge is -2.48. The summed E-state index contributed by atoms with van der Waals surface area (Å²) in [6, 6.07) is 0. The van der Waals surface area contributed by atoms with E-state index >= 15 is 0 Å². The average molecular weight is 463 g/mol. The number of carbonyl (C=O) groups is 3. The summed E-state index contributed by atoms with van der Waals surface area (Å²) in [4.78, 5) is 43.5. The molecule has 33 heavy (non-hydrogen) atoms. The van der Waals surface area contributed by atoms with Gasteiger partial charge in [-0.15, -0.1) is 0 Å². The fourth-order valence-electron chi connectivity index (χ4n) is 5.54. The van der Waals surface area contributed by atoms with Gasteiger partial charge in [-0.1, -0.05) is 45.1 Å². The second kappa shape index (κ2) is 12.5. The highest BCUT2D eigenvalue weighted by atomic mass is 16.5. The van der Waals surface area contributed by atoms with Crippen molar-refractivity contribution in [1.29, 1.82) is 0 Å². The van der Waals surface area contributed by atoms with E-state index in [0.29, 0.717) is 52.3 Å². The van der Waals surface area contributed by atoms with Gasteiger partial charge in [0.05, 0.1) is 19.8 Å². The van der Waals surface area contributed by atoms with Gasteiger partial charge >= 0.3 is 5.97 Å². The van der Waals surface area contributed by atoms with Crippen LogP contribution in [0.25, 0.3) is 0 Å². The third kappa shape index (κ3) is 6.17. The van der Waals surface area contributed by atoms with Crippen LogP contribution in [0.3, 0.4) is 0 Å². The SMILES string of the molecule is CCCCCCCCN1C(=O)[C@H](CC(=O)N2CCOCC2)C[C@@]2(C(=O)OCC)CCCC=C12. The molecule has 2 aliphatic heterocycles. The van der Waals surface area contributed by atoms with E-state index in [0.717, 1.165) is 37.8 Å². The molecule has 0 unspecified atom stereocenters. The minimum atomic E-state index is -0.805. The molecule has 0 aromatic heterocycles. The minimum Gasteiger partial charge on any atom is -0.465 e. The van der Waals surface area contributed by atoms with Gasteiger partial charge < -0.3 is 19.3 Å². The van der Waals surface area contributed by atoms with E-state index in [4.69, 9.17) is 9.47 Å². The van der Waals surface area contributed by atoms with E-state index in [-0.39, 0.29) is 24.2 Å². The third-order valence-electron chi connectivity index (χ3n) is 7.32. The van der Waals surface area contributed by atoms with Crippen LogP contribution in [0.1, 0.15) is 84.5 Å². The molecule has 2 atom stereocenters. The lowest BCUT2D eigenvalue weighted by molar-refractivity contribution is -0.163. The maximum Gasteiger partial charge on any atom is 0.318 e. The summed E-state index contributed by atoms with van der Waals surface area (Å²) in [5.74, 6) is -0.739. The smallest absolute Gasteiger partial charge is 0.318 e. The first-order chi connectivity index (χ1) is 16.0. The number of hydrogen-bond donors (Lipinski definition) is 0. The van der Waals surface area contributed by atoms with Crippen molar-refractivity contribution in [2.45, 2.75) is 84.5 Å². The normalized spacial score (nSPS) is 25.5. The number of esters is 1. The lowest BCUT2D eigenvalue weighted by atomic mass is 9.66. The van der Waals surface area contributed by atoms with Crippen LogP contribution in [-0.4, -0.2) is 67.0 Å². The number of piperidine rings is 1. The maximum absolute atomic E-state index is 13.6. The molecule has 1 aliphatic carbocycles. The first kappa shape index (κ1) is 25.7. The number of amides is 2. The van der Waals surface area contributed by atoms with Crippen LogP contribution in [0.2, 0.25) is 0 Å². The van der Waals surface area contributed by atoms with Crippen molar-refractivity contribution in [2.24, 2.45) is 11.3 Å². The Morgan fingerprint density at radius 1 is 1.12 bits per heavy atom. The number of hydrogen-bond acceptors (Lipinski definition) is 5. The number of fused-ring (bicyclic) bond motifs is 1. The van der Waals surface area contributed by atoms with Crippen LogP contribution in [0.4, 0.5) is 0 Å². The lowest BCUT2D eigenvalue weighted by Crippen LogP contribution is -2.55. The zero-order valence-corrected chi connectivity index (χ0v) is 20.6. The van der Waals surface area contributed by atoms with Gasteiger partial charge in [-0.05, 0) is 39.0 Å². The molecule has 2 fully saturated rings. The largest absolute Gasteiger partial charge is 0.465 e. The van der Waals surface area contributed by atoms with Crippen molar-refractivity contribution >= 4 is 17.8 Å². The molecule has 2 saturated heterocycles. The van der Waals surface area contributed by atoms with Crippen LogP contribution in [0.5, 0.6) is 0 Å². The highest BCUT2D eigenvalue weighted by molar-refractivity contribution is 5.92. The maximum atomic E-state index is 13.6. The summed E-state index contributed by atoms with van der Waals surface area (Å²) in [6.45, 7) is 7.15. The van der Waals surface area contributed by atoms with Crippen molar-refractivity contribution in [3.05, 3.63) is 11.8 Å². The van der Waals surface area contributed by atoms with Crippen LogP contribution in [-0.2, 0) is 23.9 Å². The van der Waals surface area contributed by atoms with E-state index in [2.05, 4.69) is 13.0 Å². The molecule has 186 valence electrons. The number of morpholine rings is 1. The van der Waals surface area contributed by atoms with Crippen molar-refractivity contribution in [1.82, 2.24) is 9.80 Å². The summed E-state index contributed by atoms with van der Waals surface area (Å²) in [5, 5.41) is 0. The molecule has 2 amide bonds. The van der Waals surface area contributed by atoms with Crippen LogP contribution in [0.15, 0.2) is 11.8 Å². The Hall–Kier alpha value is -1.89. The minimum absolute atomic E-state index is 0.00163. The highest BCUT2D eigenvalue weighted by Crippen LogP contribution is 2.50. The van der Waals surface area contributed by atoms with Gasteiger partial charge in [0.25, 0.3) is 0 Å². The topological polar surface area (TPSA) is 76.2 Å². The van der Waals surface area contributed by atoms with Crippen LogP contribution >= 0.6 is 0 Å². The van der Waals surface area contributed by atoms with Crippen molar-refractivity contribution in [3.63, 3.8) is 0 Å². The monoisotopic (exact) mass is 462 g/mol. The zero-order valence-electron chi connectivity index (χ0n) is 20.6. The quantitative estimate of drug-likeness (QED) is 0.342. The van der Waals surface area contributed by atoms with Gasteiger partial charge in [0.2, 0.25) is 11.8 Å². The Morgan fingerprint density at radius 3 is 2.58 bits per heavy atom. The number of rotatable bonds is 11. The van der Waals surface area contributed by atoms with Gasteiger partial charge in [-0.2, -0.15) is 0 Å². The molecule has 0 radical (unpaired) electrons. The Balaban J connectivity index is 1.78. The Kier molecular flexibility index (Phi) is 9.78. The van der Waals surface area contributed by atoms with E-state index in [9.17, 15) is 14.4 Å². The first-order valence-corrected chi connectivity index (χ1v) is 13.1. The van der Waals surface area contributed by atoms with Gasteiger partial charge in [-0.25, -0.2) is 0 Å². The molecule has 0 aromatic rings. The second-order valence-corrected chi connectivity index (χ2v) is 9.64. The van der Waals surface area contributed by atoms with Crippen LogP contribution in [0, 0.1) is 11.3 Å². The highest BCUT2D eigenvalue weighted by Gasteiger charge is 2.54. The summed E-state index contributed by atoms with van der Waals surface area (Å²) in [7, 11) is 0. The summed E-state index contributed by atoms with van der Waals surface area (Å²) in [6.07, 6.45) is 11.9. The molecule has 0 saturated carbocycles. The van der Waals surface area contributed by atoms with Gasteiger partial charge in [-0.3, -0.25) is 14.4 Å². The molecule has 0 bridgehead atoms. The predicted octanol–water partition coefficient (Wildman–Crippen LogP) is 4.06. The molecule has 0 N–H and O–H groups in total. The predicted molar refractivity (Wildman–Crippen MR) is 126 cm³/mol. The van der Waals surface area contributed by atoms with E-state index in [1.165, 1.54) is 19.3 Å². The number of ether oxygens (including phenoxy) is 2. The Bertz CT molecular complexity index is 715. The molecular formula is C26H42N2O5. The molecule has 3 rings (SSSR count). The van der Waals surface area contributed by atoms with Crippen molar-refractivity contribution < 1.29 is 23.9 Å². The number of likely N-dealkylation sites (tertiary alicyclic amines) is 1. The summed E-state index contributed by atoms with van der Waals surface area (Å²) in [5.41, 5.74) is 0.0289. The number of unbranched alkanes of at least 4 members (excludes halogenated alkanes) is 5. The summed E-state index contributed by atoms with van der Waals surface area (Å²) >= 11 is 0. The van der Waals surface area contributed by atoms with Crippen LogP contribution < -0.4 is 0 Å². The molecule has 0 spiro atoms. The Labute approximate surface area is 198 Å². The Morgan fingerprint density at radius 2 is 1.85 bits per heavy atom. The fourth-order valence-corrected chi connectivity index (χ4v) is 5.54. The number of nitrogens with zero attached hydrogens (tertiary/aromatic N) is 2. The zero-order chi connectivity index (χ0) is 23.7. The second-order valence-electron chi connectivity index (χ2n) is 9.64. The van der Waals surface area contributed by atoms with Gasteiger partial charge in [0.15, 0.2) is 0 Å². The van der Waals surface area contributed by atoms with E-state index < -0.39 is 11.3 Å². The van der Waals surface area contributed by atoms with E-state index in [1.807, 2.05) is 11.8 Å². The standard InChI is InChI=1S/C26H42N2O5/c1-3-5-6-7-8-11-14-28-22-12-9-10-13-26(22,25(31)33-4-2)20-21(24(28)30)19-23(29)27-15-17-32-18-16-27/h12,21H,3-11,13-20H2,1-2H3/t21-,26+/m1/s1. The van der Waals surface area contributed by atoms with Crippen molar-refractivity contribution in [2.75, 3.05) is 39.5 Å². The van der Waals surface area contributed by atoms with Gasteiger partial charge in [0.1, 0.15) is 5.41 Å². The number of allylic oxidation sites excluding steroid dienone is 1.